The van der Waals surface area contributed by atoms with E-state index < -0.39 is 64.2 Å². The van der Waals surface area contributed by atoms with Gasteiger partial charge in [-0.3, -0.25) is 8.98 Å². The smallest absolute Gasteiger partial charge is 0.489 e. The van der Waals surface area contributed by atoms with E-state index in [0.717, 1.165) is 0 Å². The maximum Gasteiger partial charge on any atom is 0.523 e. The lowest BCUT2D eigenvalue weighted by Gasteiger charge is -2.47. The van der Waals surface area contributed by atoms with Gasteiger partial charge in [-0.1, -0.05) is 44.4 Å². The molecule has 2 heterocycles. The lowest BCUT2D eigenvalue weighted by Crippen LogP contribution is -2.64. The topological polar surface area (TPSA) is 135 Å². The Morgan fingerprint density at radius 1 is 1.14 bits per heavy atom. The van der Waals surface area contributed by atoms with Gasteiger partial charge in [-0.25, -0.2) is 9.59 Å². The minimum Gasteiger partial charge on any atom is -0.489 e. The van der Waals surface area contributed by atoms with Crippen LogP contribution >= 0.6 is 0 Å². The van der Waals surface area contributed by atoms with E-state index in [2.05, 4.69) is 17.3 Å². The first-order valence-corrected chi connectivity index (χ1v) is 14.5. The SMILES string of the molecule is C=CCOC(=O)OC(C)C1C(=O)N2C(C(=O)OCC=C)=C(COc3cc(CCOS(=O)(=O)C(F)(F)F)ccc3C)C(C)C12. The van der Waals surface area contributed by atoms with Gasteiger partial charge in [-0.05, 0) is 37.5 Å². The maximum atomic E-state index is 13.2. The van der Waals surface area contributed by atoms with Crippen LogP contribution in [-0.2, 0) is 44.5 Å². The molecule has 0 N–H and O–H groups in total. The van der Waals surface area contributed by atoms with E-state index in [9.17, 15) is 36.0 Å². The van der Waals surface area contributed by atoms with Crippen molar-refractivity contribution in [2.45, 2.75) is 44.8 Å². The van der Waals surface area contributed by atoms with E-state index in [-0.39, 0.29) is 31.9 Å². The summed E-state index contributed by atoms with van der Waals surface area (Å²) >= 11 is 0. The summed E-state index contributed by atoms with van der Waals surface area (Å²) in [5.41, 5.74) is -4.00. The van der Waals surface area contributed by atoms with E-state index in [1.807, 2.05) is 0 Å². The summed E-state index contributed by atoms with van der Waals surface area (Å²) in [5, 5.41) is 0. The number of benzene rings is 1. The zero-order chi connectivity index (χ0) is 32.1. The number of ether oxygens (including phenoxy) is 4. The van der Waals surface area contributed by atoms with Crippen LogP contribution in [0.4, 0.5) is 18.0 Å². The molecule has 15 heteroatoms. The number of nitrogens with zero attached hydrogens (tertiary/aromatic N) is 1. The highest BCUT2D eigenvalue weighted by Gasteiger charge is 2.61. The third-order valence-corrected chi connectivity index (χ3v) is 8.02. The zero-order valence-electron chi connectivity index (χ0n) is 23.7. The molecule has 236 valence electrons. The number of halogens is 3. The van der Waals surface area contributed by atoms with Crippen LogP contribution in [0.15, 0.2) is 54.8 Å². The van der Waals surface area contributed by atoms with Gasteiger partial charge in [0.1, 0.15) is 37.4 Å². The van der Waals surface area contributed by atoms with Crippen LogP contribution in [0.2, 0.25) is 0 Å². The van der Waals surface area contributed by atoms with Crippen molar-refractivity contribution < 1.29 is 59.1 Å². The average molecular weight is 632 g/mol. The lowest BCUT2D eigenvalue weighted by atomic mass is 9.77. The van der Waals surface area contributed by atoms with Crippen molar-refractivity contribution in [3.63, 3.8) is 0 Å². The van der Waals surface area contributed by atoms with Gasteiger partial charge in [-0.15, -0.1) is 0 Å². The van der Waals surface area contributed by atoms with E-state index in [4.69, 9.17) is 18.9 Å². The molecular weight excluding hydrogens is 599 g/mol. The second-order valence-electron chi connectivity index (χ2n) is 9.81. The molecular formula is C28H32F3NO10S. The number of carbonyl (C=O) groups excluding carboxylic acids is 3. The van der Waals surface area contributed by atoms with Gasteiger partial charge in [0.05, 0.1) is 18.6 Å². The average Bonchev–Trinajstić information content (AvgIpc) is 3.17. The Kier molecular flexibility index (Phi) is 10.7. The fourth-order valence-corrected chi connectivity index (χ4v) is 5.28. The Morgan fingerprint density at radius 3 is 2.42 bits per heavy atom. The molecule has 11 nitrogen and oxygen atoms in total. The van der Waals surface area contributed by atoms with Gasteiger partial charge < -0.3 is 23.8 Å². The first-order valence-electron chi connectivity index (χ1n) is 13.1. The fourth-order valence-electron chi connectivity index (χ4n) is 4.85. The van der Waals surface area contributed by atoms with E-state index in [1.165, 1.54) is 23.1 Å². The highest BCUT2D eigenvalue weighted by molar-refractivity contribution is 7.87. The van der Waals surface area contributed by atoms with Gasteiger partial charge in [-0.2, -0.15) is 21.6 Å². The van der Waals surface area contributed by atoms with Crippen molar-refractivity contribution >= 4 is 28.1 Å². The molecule has 1 aromatic carbocycles. The summed E-state index contributed by atoms with van der Waals surface area (Å²) in [6.07, 6.45) is 0.727. The highest BCUT2D eigenvalue weighted by atomic mass is 32.2. The molecule has 0 aromatic heterocycles. The van der Waals surface area contributed by atoms with Gasteiger partial charge in [0.2, 0.25) is 5.91 Å². The monoisotopic (exact) mass is 631 g/mol. The molecule has 0 saturated carbocycles. The predicted octanol–water partition coefficient (Wildman–Crippen LogP) is 3.97. The molecule has 1 fully saturated rings. The van der Waals surface area contributed by atoms with E-state index in [0.29, 0.717) is 22.4 Å². The number of rotatable bonds is 14. The Hall–Kier alpha value is -3.85. The second kappa shape index (κ2) is 13.6. The Labute approximate surface area is 247 Å². The first-order chi connectivity index (χ1) is 20.1. The number of esters is 1. The van der Waals surface area contributed by atoms with E-state index >= 15 is 0 Å². The number of carbonyl (C=O) groups is 3. The summed E-state index contributed by atoms with van der Waals surface area (Å²) in [6, 6.07) is 4.19. The Morgan fingerprint density at radius 2 is 1.79 bits per heavy atom. The third-order valence-electron chi connectivity index (χ3n) is 6.98. The molecule has 3 rings (SSSR count). The van der Waals surface area contributed by atoms with Crippen LogP contribution in [0, 0.1) is 18.8 Å². The molecule has 2 aliphatic rings. The molecule has 1 aromatic rings. The van der Waals surface area contributed by atoms with Crippen LogP contribution in [0.5, 0.6) is 5.75 Å². The predicted molar refractivity (Wildman–Crippen MR) is 145 cm³/mol. The molecule has 0 aliphatic carbocycles. The number of β-lactam (4-membered cyclic amide) rings is 1. The van der Waals surface area contributed by atoms with Crippen LogP contribution in [0.25, 0.3) is 0 Å². The van der Waals surface area contributed by atoms with Gasteiger partial charge in [0.25, 0.3) is 0 Å². The highest BCUT2D eigenvalue weighted by Crippen LogP contribution is 2.48. The minimum atomic E-state index is -5.72. The molecule has 1 saturated heterocycles. The largest absolute Gasteiger partial charge is 0.523 e. The quantitative estimate of drug-likeness (QED) is 0.0976. The molecule has 4 atom stereocenters. The summed E-state index contributed by atoms with van der Waals surface area (Å²) in [7, 11) is -5.72. The van der Waals surface area contributed by atoms with Crippen molar-refractivity contribution in [2.75, 3.05) is 26.4 Å². The summed E-state index contributed by atoms with van der Waals surface area (Å²) in [6.45, 7) is 10.9. The number of amides is 1. The third kappa shape index (κ3) is 7.39. The molecule has 0 bridgehead atoms. The van der Waals surface area contributed by atoms with Crippen molar-refractivity contribution in [3.05, 3.63) is 65.9 Å². The normalized spacial score (nSPS) is 20.6. The summed E-state index contributed by atoms with van der Waals surface area (Å²) < 4.78 is 85.3. The van der Waals surface area contributed by atoms with Gasteiger partial charge >= 0.3 is 27.8 Å². The molecule has 0 radical (unpaired) electrons. The Balaban J connectivity index is 1.78. The standard InChI is InChI=1S/C28H32F3NO10S/c1-6-11-38-26(34)24-20(17(4)23-22(25(33)32(23)24)18(5)42-27(35)39-12-7-2)15-40-21-14-19(9-8-16(21)3)10-13-41-43(36,37)28(29,30)31/h6-9,14,17-18,22-23H,1-2,10-13,15H2,3-5H3. The second-order valence-corrected chi connectivity index (χ2v) is 11.4. The molecule has 4 unspecified atom stereocenters. The Bertz CT molecular complexity index is 1410. The number of hydrogen-bond donors (Lipinski definition) is 0. The van der Waals surface area contributed by atoms with Crippen LogP contribution in [-0.4, -0.2) is 75.4 Å². The number of aryl methyl sites for hydroxylation is 1. The molecule has 1 amide bonds. The van der Waals surface area contributed by atoms with Crippen molar-refractivity contribution in [3.8, 4) is 5.75 Å². The minimum absolute atomic E-state index is 0.00148. The maximum absolute atomic E-state index is 13.2. The fraction of sp³-hybridized carbons (Fsp3) is 0.464. The molecule has 2 aliphatic heterocycles. The molecule has 43 heavy (non-hydrogen) atoms. The van der Waals surface area contributed by atoms with Crippen LogP contribution in [0.3, 0.4) is 0 Å². The van der Waals surface area contributed by atoms with Crippen molar-refractivity contribution in [1.82, 2.24) is 4.90 Å². The number of alkyl halides is 3. The first kappa shape index (κ1) is 33.6. The van der Waals surface area contributed by atoms with Gasteiger partial charge in [0.15, 0.2) is 0 Å². The van der Waals surface area contributed by atoms with Crippen LogP contribution < -0.4 is 4.74 Å². The zero-order valence-corrected chi connectivity index (χ0v) is 24.5. The van der Waals surface area contributed by atoms with Crippen LogP contribution in [0.1, 0.15) is 25.0 Å². The van der Waals surface area contributed by atoms with E-state index in [1.54, 1.807) is 32.9 Å². The molecule has 0 spiro atoms. The number of hydrogen-bond acceptors (Lipinski definition) is 10. The lowest BCUT2D eigenvalue weighted by molar-refractivity contribution is -0.164. The summed E-state index contributed by atoms with van der Waals surface area (Å²) in [5.74, 6) is -2.10. The van der Waals surface area contributed by atoms with Crippen molar-refractivity contribution in [2.24, 2.45) is 11.8 Å². The number of fused-ring (bicyclic) bond motifs is 1. The van der Waals surface area contributed by atoms with Crippen molar-refractivity contribution in [1.29, 1.82) is 0 Å². The summed E-state index contributed by atoms with van der Waals surface area (Å²) in [4.78, 5) is 39.5. The van der Waals surface area contributed by atoms with Gasteiger partial charge in [0, 0.05) is 11.5 Å².